The summed E-state index contributed by atoms with van der Waals surface area (Å²) in [7, 11) is -1.68. The Morgan fingerprint density at radius 2 is 1.45 bits per heavy atom. The highest BCUT2D eigenvalue weighted by atomic mass is 32.3. The summed E-state index contributed by atoms with van der Waals surface area (Å²) in [5, 5.41) is 0. The molecule has 0 aliphatic rings. The average molecular weight is 465 g/mol. The van der Waals surface area contributed by atoms with Crippen LogP contribution in [0.2, 0.25) is 0 Å². The zero-order valence-corrected chi connectivity index (χ0v) is 19.8. The van der Waals surface area contributed by atoms with Gasteiger partial charge in [0.15, 0.2) is 0 Å². The molecule has 0 fully saturated rings. The number of Topliss-reactive ketones (excluding diaryl/α,β-unsaturated/α-hetero) is 1. The van der Waals surface area contributed by atoms with Gasteiger partial charge in [-0.15, -0.1) is 10.3 Å². The molecular weight excluding hydrogens is 425 g/mol. The van der Waals surface area contributed by atoms with Crippen LogP contribution in [0, 0.1) is 0 Å². The van der Waals surface area contributed by atoms with E-state index in [1.54, 1.807) is 24.3 Å². The average Bonchev–Trinajstić information content (AvgIpc) is 2.73. The summed E-state index contributed by atoms with van der Waals surface area (Å²) in [4.78, 5) is 11.0. The van der Waals surface area contributed by atoms with Crippen LogP contribution in [0.1, 0.15) is 77.2 Å². The van der Waals surface area contributed by atoms with Crippen molar-refractivity contribution in [3.63, 3.8) is 0 Å². The molecule has 31 heavy (non-hydrogen) atoms. The maximum absolute atomic E-state index is 12.3. The summed E-state index contributed by atoms with van der Waals surface area (Å²) < 4.78 is 53.9. The molecule has 0 saturated heterocycles. The molecule has 0 atom stereocenters. The van der Waals surface area contributed by atoms with Gasteiger partial charge in [-0.1, -0.05) is 64.5 Å². The lowest BCUT2D eigenvalue weighted by molar-refractivity contribution is -0.171. The Morgan fingerprint density at radius 1 is 0.903 bits per heavy atom. The standard InChI is InChI=1S/C24H39F3O3S/c1-3-5-7-9-18-31(29,19-10-8-6-4-2)20-17-30-22-14-11-21(12-15-22)13-16-23(28)24(25,26)27/h11-12,14-15,29H,3-10,13,16-20H2,1-2H3. The minimum atomic E-state index is -4.77. The fourth-order valence-electron chi connectivity index (χ4n) is 3.37. The monoisotopic (exact) mass is 464 g/mol. The third kappa shape index (κ3) is 12.4. The lowest BCUT2D eigenvalue weighted by Crippen LogP contribution is -2.22. The predicted molar refractivity (Wildman–Crippen MR) is 124 cm³/mol. The fourth-order valence-corrected chi connectivity index (χ4v) is 5.86. The van der Waals surface area contributed by atoms with Crippen molar-refractivity contribution in [2.75, 3.05) is 23.9 Å². The Bertz CT molecular complexity index is 605. The first kappa shape index (κ1) is 27.8. The van der Waals surface area contributed by atoms with Crippen molar-refractivity contribution in [1.82, 2.24) is 0 Å². The van der Waals surface area contributed by atoms with Gasteiger partial charge in [0.05, 0.1) is 6.61 Å². The third-order valence-electron chi connectivity index (χ3n) is 5.37. The van der Waals surface area contributed by atoms with Gasteiger partial charge in [-0.05, 0) is 48.5 Å². The van der Waals surface area contributed by atoms with Crippen LogP contribution in [-0.2, 0) is 11.2 Å². The Morgan fingerprint density at radius 3 is 1.94 bits per heavy atom. The maximum atomic E-state index is 12.3. The van der Waals surface area contributed by atoms with E-state index in [1.807, 2.05) is 0 Å². The molecule has 0 unspecified atom stereocenters. The molecule has 0 aliphatic heterocycles. The number of ketones is 1. The molecule has 1 N–H and O–H groups in total. The van der Waals surface area contributed by atoms with Crippen molar-refractivity contribution in [3.8, 4) is 5.75 Å². The number of hydrogen-bond acceptors (Lipinski definition) is 3. The van der Waals surface area contributed by atoms with Gasteiger partial charge in [-0.3, -0.25) is 4.79 Å². The van der Waals surface area contributed by atoms with E-state index >= 15 is 0 Å². The molecule has 0 amide bonds. The zero-order chi connectivity index (χ0) is 23.2. The molecule has 0 saturated carbocycles. The Kier molecular flexibility index (Phi) is 13.3. The van der Waals surface area contributed by atoms with Crippen LogP contribution in [0.5, 0.6) is 5.75 Å². The second kappa shape index (κ2) is 14.8. The van der Waals surface area contributed by atoms with E-state index in [0.717, 1.165) is 37.2 Å². The number of rotatable bonds is 17. The molecule has 1 aromatic carbocycles. The number of unbranched alkanes of at least 4 members (excludes halogenated alkanes) is 6. The first-order chi connectivity index (χ1) is 14.7. The Balaban J connectivity index is 2.48. The number of aryl methyl sites for hydroxylation is 1. The summed E-state index contributed by atoms with van der Waals surface area (Å²) in [5.41, 5.74) is 0.666. The molecule has 0 bridgehead atoms. The molecule has 1 aromatic rings. The van der Waals surface area contributed by atoms with Gasteiger partial charge in [0.2, 0.25) is 5.78 Å². The Hall–Kier alpha value is -1.21. The van der Waals surface area contributed by atoms with Crippen LogP contribution in [0.4, 0.5) is 13.2 Å². The number of benzene rings is 1. The van der Waals surface area contributed by atoms with Crippen molar-refractivity contribution in [2.45, 2.75) is 84.2 Å². The lowest BCUT2D eigenvalue weighted by atomic mass is 10.1. The number of hydrogen-bond donors (Lipinski definition) is 1. The molecule has 180 valence electrons. The van der Waals surface area contributed by atoms with E-state index in [9.17, 15) is 22.5 Å². The first-order valence-electron chi connectivity index (χ1n) is 11.5. The van der Waals surface area contributed by atoms with Crippen LogP contribution in [0.15, 0.2) is 24.3 Å². The van der Waals surface area contributed by atoms with E-state index in [-0.39, 0.29) is 6.42 Å². The molecule has 0 aliphatic carbocycles. The SMILES string of the molecule is CCCCCCS(O)(CCCCCC)CCOc1ccc(CCC(=O)C(F)(F)F)cc1. The van der Waals surface area contributed by atoms with Gasteiger partial charge in [-0.2, -0.15) is 13.2 Å². The van der Waals surface area contributed by atoms with Gasteiger partial charge >= 0.3 is 6.18 Å². The Labute approximate surface area is 187 Å². The van der Waals surface area contributed by atoms with Gasteiger partial charge in [-0.25, -0.2) is 0 Å². The number of ether oxygens (including phenoxy) is 1. The summed E-state index contributed by atoms with van der Waals surface area (Å²) in [6.45, 7) is 4.79. The van der Waals surface area contributed by atoms with Crippen LogP contribution >= 0.6 is 10.3 Å². The van der Waals surface area contributed by atoms with Crippen molar-refractivity contribution in [1.29, 1.82) is 0 Å². The molecule has 1 rings (SSSR count). The molecule has 0 aromatic heterocycles. The highest BCUT2D eigenvalue weighted by molar-refractivity contribution is 8.29. The van der Waals surface area contributed by atoms with E-state index in [0.29, 0.717) is 23.7 Å². The van der Waals surface area contributed by atoms with E-state index < -0.39 is 28.7 Å². The normalized spacial score (nSPS) is 12.7. The number of alkyl halides is 3. The first-order valence-corrected chi connectivity index (χ1v) is 13.6. The fraction of sp³-hybridized carbons (Fsp3) is 0.708. The van der Waals surface area contributed by atoms with Crippen molar-refractivity contribution in [2.24, 2.45) is 0 Å². The minimum Gasteiger partial charge on any atom is -0.493 e. The minimum absolute atomic E-state index is 0.0536. The van der Waals surface area contributed by atoms with E-state index in [1.165, 1.54) is 25.7 Å². The van der Waals surface area contributed by atoms with Crippen LogP contribution in [0.25, 0.3) is 0 Å². The molecule has 0 radical (unpaired) electrons. The molecule has 0 heterocycles. The quantitative estimate of drug-likeness (QED) is 0.242. The van der Waals surface area contributed by atoms with Crippen LogP contribution in [-0.4, -0.2) is 40.4 Å². The van der Waals surface area contributed by atoms with Crippen LogP contribution in [0.3, 0.4) is 0 Å². The van der Waals surface area contributed by atoms with Gasteiger partial charge in [0, 0.05) is 12.2 Å². The second-order valence-electron chi connectivity index (χ2n) is 8.15. The van der Waals surface area contributed by atoms with Crippen molar-refractivity contribution in [3.05, 3.63) is 29.8 Å². The summed E-state index contributed by atoms with van der Waals surface area (Å²) >= 11 is 0. The number of halogens is 3. The van der Waals surface area contributed by atoms with Gasteiger partial charge in [0.1, 0.15) is 5.75 Å². The van der Waals surface area contributed by atoms with E-state index in [2.05, 4.69) is 13.8 Å². The van der Waals surface area contributed by atoms with Crippen molar-refractivity contribution < 1.29 is 27.3 Å². The molecule has 0 spiro atoms. The smallest absolute Gasteiger partial charge is 0.449 e. The predicted octanol–water partition coefficient (Wildman–Crippen LogP) is 7.57. The topological polar surface area (TPSA) is 46.5 Å². The molecule has 3 nitrogen and oxygen atoms in total. The van der Waals surface area contributed by atoms with Crippen LogP contribution < -0.4 is 4.74 Å². The molecular formula is C24H39F3O3S. The van der Waals surface area contributed by atoms with Gasteiger partial charge < -0.3 is 9.29 Å². The molecule has 7 heteroatoms. The summed E-state index contributed by atoms with van der Waals surface area (Å²) in [6.07, 6.45) is 3.90. The lowest BCUT2D eigenvalue weighted by Gasteiger charge is -2.34. The highest BCUT2D eigenvalue weighted by Gasteiger charge is 2.37. The largest absolute Gasteiger partial charge is 0.493 e. The van der Waals surface area contributed by atoms with Crippen molar-refractivity contribution >= 4 is 16.1 Å². The highest BCUT2D eigenvalue weighted by Crippen LogP contribution is 2.45. The van der Waals surface area contributed by atoms with Gasteiger partial charge in [0.25, 0.3) is 0 Å². The summed E-state index contributed by atoms with van der Waals surface area (Å²) in [6, 6.07) is 6.80. The zero-order valence-electron chi connectivity index (χ0n) is 19.0. The number of carbonyl (C=O) groups excluding carboxylic acids is 1. The maximum Gasteiger partial charge on any atom is 0.449 e. The number of carbonyl (C=O) groups is 1. The second-order valence-corrected chi connectivity index (χ2v) is 11.4. The third-order valence-corrected chi connectivity index (χ3v) is 8.39. The summed E-state index contributed by atoms with van der Waals surface area (Å²) in [5.74, 6) is 1.31. The van der Waals surface area contributed by atoms with E-state index in [4.69, 9.17) is 4.74 Å².